The summed E-state index contributed by atoms with van der Waals surface area (Å²) in [6.07, 6.45) is -5.44. The van der Waals surface area contributed by atoms with Gasteiger partial charge in [0.1, 0.15) is 0 Å². The van der Waals surface area contributed by atoms with Crippen LogP contribution in [0, 0.1) is 0 Å². The molecule has 1 saturated carbocycles. The molecule has 1 aromatic carbocycles. The van der Waals surface area contributed by atoms with Gasteiger partial charge in [-0.05, 0) is 70.3 Å². The maximum Gasteiger partial charge on any atom is 0.417 e. The van der Waals surface area contributed by atoms with E-state index < -0.39 is 35.0 Å². The second-order valence-electron chi connectivity index (χ2n) is 7.66. The van der Waals surface area contributed by atoms with Crippen molar-refractivity contribution in [2.24, 2.45) is 0 Å². The van der Waals surface area contributed by atoms with Crippen LogP contribution in [0.15, 0.2) is 18.2 Å². The molecule has 2 fully saturated rings. The number of nitrogens with zero attached hydrogens (tertiary/aromatic N) is 2. The summed E-state index contributed by atoms with van der Waals surface area (Å²) in [6.45, 7) is 3.70. The van der Waals surface area contributed by atoms with E-state index in [1.54, 1.807) is 6.92 Å². The third-order valence-corrected chi connectivity index (χ3v) is 5.94. The van der Waals surface area contributed by atoms with Crippen molar-refractivity contribution in [3.63, 3.8) is 0 Å². The SMILES string of the molecule is CCN(C(=O)c1ccc(C(F)(F)F)cc1C(F)(F)F)C1CCCC1N1CCCC1. The molecule has 2 atom stereocenters. The average molecular weight is 422 g/mol. The van der Waals surface area contributed by atoms with Crippen molar-refractivity contribution in [1.29, 1.82) is 0 Å². The number of likely N-dealkylation sites (N-methyl/N-ethyl adjacent to an activating group) is 1. The van der Waals surface area contributed by atoms with Crippen LogP contribution in [0.4, 0.5) is 26.3 Å². The molecule has 1 aromatic rings. The van der Waals surface area contributed by atoms with Crippen LogP contribution < -0.4 is 0 Å². The van der Waals surface area contributed by atoms with Crippen LogP contribution >= 0.6 is 0 Å². The van der Waals surface area contributed by atoms with Crippen molar-refractivity contribution >= 4 is 5.91 Å². The Morgan fingerprint density at radius 2 is 1.69 bits per heavy atom. The molecule has 1 saturated heterocycles. The Morgan fingerprint density at radius 3 is 2.24 bits per heavy atom. The van der Waals surface area contributed by atoms with Gasteiger partial charge in [0, 0.05) is 18.6 Å². The summed E-state index contributed by atoms with van der Waals surface area (Å²) in [5.41, 5.74) is -3.67. The van der Waals surface area contributed by atoms with E-state index in [9.17, 15) is 31.1 Å². The molecule has 1 heterocycles. The van der Waals surface area contributed by atoms with Gasteiger partial charge in [-0.25, -0.2) is 0 Å². The van der Waals surface area contributed by atoms with Gasteiger partial charge in [-0.3, -0.25) is 9.69 Å². The molecular formula is C20H24F6N2O. The molecule has 1 aliphatic carbocycles. The van der Waals surface area contributed by atoms with Crippen LogP contribution in [0.5, 0.6) is 0 Å². The molecule has 0 aromatic heterocycles. The fourth-order valence-electron chi connectivity index (χ4n) is 4.61. The van der Waals surface area contributed by atoms with Crippen molar-refractivity contribution in [3.8, 4) is 0 Å². The monoisotopic (exact) mass is 422 g/mol. The van der Waals surface area contributed by atoms with E-state index in [4.69, 9.17) is 0 Å². The van der Waals surface area contributed by atoms with Crippen molar-refractivity contribution in [2.45, 2.75) is 63.5 Å². The highest BCUT2D eigenvalue weighted by molar-refractivity contribution is 5.96. The maximum atomic E-state index is 13.5. The van der Waals surface area contributed by atoms with Crippen LogP contribution in [0.1, 0.15) is 60.5 Å². The Bertz CT molecular complexity index is 739. The Morgan fingerprint density at radius 1 is 1.03 bits per heavy atom. The Hall–Kier alpha value is -1.77. The van der Waals surface area contributed by atoms with E-state index in [2.05, 4.69) is 4.90 Å². The zero-order valence-electron chi connectivity index (χ0n) is 16.1. The van der Waals surface area contributed by atoms with E-state index in [-0.39, 0.29) is 24.7 Å². The van der Waals surface area contributed by atoms with Gasteiger partial charge >= 0.3 is 12.4 Å². The lowest BCUT2D eigenvalue weighted by Crippen LogP contribution is -2.50. The number of carbonyl (C=O) groups is 1. The summed E-state index contributed by atoms with van der Waals surface area (Å²) in [4.78, 5) is 16.8. The van der Waals surface area contributed by atoms with E-state index >= 15 is 0 Å². The van der Waals surface area contributed by atoms with Crippen LogP contribution in [-0.4, -0.2) is 47.4 Å². The van der Waals surface area contributed by atoms with Crippen LogP contribution in [0.2, 0.25) is 0 Å². The molecule has 3 rings (SSSR count). The molecule has 0 spiro atoms. The topological polar surface area (TPSA) is 23.6 Å². The molecule has 0 radical (unpaired) electrons. The fourth-order valence-corrected chi connectivity index (χ4v) is 4.61. The van der Waals surface area contributed by atoms with Gasteiger partial charge in [0.15, 0.2) is 0 Å². The number of alkyl halides is 6. The first-order chi connectivity index (χ1) is 13.5. The van der Waals surface area contributed by atoms with Crippen LogP contribution in [-0.2, 0) is 12.4 Å². The number of benzene rings is 1. The van der Waals surface area contributed by atoms with Crippen molar-refractivity contribution in [1.82, 2.24) is 9.80 Å². The van der Waals surface area contributed by atoms with Crippen molar-refractivity contribution in [3.05, 3.63) is 34.9 Å². The lowest BCUT2D eigenvalue weighted by molar-refractivity contribution is -0.143. The van der Waals surface area contributed by atoms with Gasteiger partial charge in [0.2, 0.25) is 0 Å². The van der Waals surface area contributed by atoms with Gasteiger partial charge in [0.05, 0.1) is 16.7 Å². The molecule has 162 valence electrons. The first-order valence-corrected chi connectivity index (χ1v) is 9.87. The summed E-state index contributed by atoms with van der Waals surface area (Å²) in [5, 5.41) is 0. The summed E-state index contributed by atoms with van der Waals surface area (Å²) in [7, 11) is 0. The molecule has 2 unspecified atom stereocenters. The summed E-state index contributed by atoms with van der Waals surface area (Å²) < 4.78 is 79.2. The van der Waals surface area contributed by atoms with Gasteiger partial charge in [-0.15, -0.1) is 0 Å². The Labute approximate surface area is 165 Å². The second-order valence-corrected chi connectivity index (χ2v) is 7.66. The van der Waals surface area contributed by atoms with Crippen LogP contribution in [0.3, 0.4) is 0 Å². The third-order valence-electron chi connectivity index (χ3n) is 5.94. The quantitative estimate of drug-likeness (QED) is 0.623. The largest absolute Gasteiger partial charge is 0.417 e. The number of hydrogen-bond donors (Lipinski definition) is 0. The molecule has 2 aliphatic rings. The molecule has 3 nitrogen and oxygen atoms in total. The second kappa shape index (κ2) is 8.16. The summed E-state index contributed by atoms with van der Waals surface area (Å²) in [6, 6.07) is 1.10. The predicted octanol–water partition coefficient (Wildman–Crippen LogP) is 5.20. The molecule has 0 bridgehead atoms. The number of amides is 1. The Kier molecular flexibility index (Phi) is 6.17. The molecule has 29 heavy (non-hydrogen) atoms. The molecule has 0 N–H and O–H groups in total. The van der Waals surface area contributed by atoms with E-state index in [0.717, 1.165) is 38.8 Å². The zero-order valence-corrected chi connectivity index (χ0v) is 16.1. The standard InChI is InChI=1S/C20H24F6N2O/c1-2-28(17-7-5-6-16(17)27-10-3-4-11-27)18(29)14-9-8-13(19(21,22)23)12-15(14)20(24,25)26/h8-9,12,16-17H,2-7,10-11H2,1H3. The van der Waals surface area contributed by atoms with E-state index in [1.807, 2.05) is 0 Å². The van der Waals surface area contributed by atoms with Crippen molar-refractivity contribution in [2.75, 3.05) is 19.6 Å². The molecule has 1 aliphatic heterocycles. The van der Waals surface area contributed by atoms with Gasteiger partial charge in [-0.2, -0.15) is 26.3 Å². The predicted molar refractivity (Wildman–Crippen MR) is 95.4 cm³/mol. The minimum atomic E-state index is -5.06. The minimum absolute atomic E-state index is 0.0354. The maximum absolute atomic E-state index is 13.5. The molecule has 1 amide bonds. The number of halogens is 6. The number of hydrogen-bond acceptors (Lipinski definition) is 2. The highest BCUT2D eigenvalue weighted by atomic mass is 19.4. The average Bonchev–Trinajstić information content (AvgIpc) is 3.31. The van der Waals surface area contributed by atoms with E-state index in [1.165, 1.54) is 4.90 Å². The lowest BCUT2D eigenvalue weighted by Gasteiger charge is -2.37. The lowest BCUT2D eigenvalue weighted by atomic mass is 10.00. The highest BCUT2D eigenvalue weighted by Crippen LogP contribution is 2.39. The highest BCUT2D eigenvalue weighted by Gasteiger charge is 2.43. The first kappa shape index (κ1) is 21.9. The first-order valence-electron chi connectivity index (χ1n) is 9.87. The summed E-state index contributed by atoms with van der Waals surface area (Å²) >= 11 is 0. The Balaban J connectivity index is 1.95. The third kappa shape index (κ3) is 4.54. The smallest absolute Gasteiger partial charge is 0.334 e. The number of carbonyl (C=O) groups excluding carboxylic acids is 1. The van der Waals surface area contributed by atoms with Gasteiger partial charge < -0.3 is 4.90 Å². The minimum Gasteiger partial charge on any atom is -0.334 e. The fraction of sp³-hybridized carbons (Fsp3) is 0.650. The van der Waals surface area contributed by atoms with Crippen molar-refractivity contribution < 1.29 is 31.1 Å². The van der Waals surface area contributed by atoms with E-state index in [0.29, 0.717) is 18.6 Å². The molecular weight excluding hydrogens is 398 g/mol. The normalized spacial score (nSPS) is 23.6. The number of rotatable bonds is 4. The van der Waals surface area contributed by atoms with Gasteiger partial charge in [0.25, 0.3) is 5.91 Å². The number of likely N-dealkylation sites (tertiary alicyclic amines) is 1. The summed E-state index contributed by atoms with van der Waals surface area (Å²) in [5.74, 6) is -0.857. The van der Waals surface area contributed by atoms with Gasteiger partial charge in [-0.1, -0.05) is 0 Å². The van der Waals surface area contributed by atoms with Crippen LogP contribution in [0.25, 0.3) is 0 Å². The molecule has 9 heteroatoms. The zero-order chi connectivity index (χ0) is 21.4.